The van der Waals surface area contributed by atoms with Gasteiger partial charge in [0.15, 0.2) is 17.0 Å². The van der Waals surface area contributed by atoms with Crippen molar-refractivity contribution in [3.8, 4) is 11.5 Å². The van der Waals surface area contributed by atoms with Gasteiger partial charge in [-0.2, -0.15) is 0 Å². The summed E-state index contributed by atoms with van der Waals surface area (Å²) in [4.78, 5) is 28.0. The van der Waals surface area contributed by atoms with Crippen molar-refractivity contribution < 1.29 is 19.2 Å². The molecule has 0 saturated carbocycles. The first kappa shape index (κ1) is 21.2. The zero-order chi connectivity index (χ0) is 22.6. The van der Waals surface area contributed by atoms with Crippen molar-refractivity contribution in [2.45, 2.75) is 43.3 Å². The Bertz CT molecular complexity index is 1110. The van der Waals surface area contributed by atoms with Crippen LogP contribution in [-0.4, -0.2) is 48.1 Å². The van der Waals surface area contributed by atoms with Crippen molar-refractivity contribution >= 4 is 27.5 Å². The number of nitrogens with one attached hydrogen (secondary N) is 1. The fraction of sp³-hybridized carbons (Fsp3) is 0.435. The Morgan fingerprint density at radius 1 is 1.31 bits per heavy atom. The molecule has 168 valence electrons. The zero-order valence-electron chi connectivity index (χ0n) is 17.8. The van der Waals surface area contributed by atoms with E-state index in [9.17, 15) is 14.9 Å². The summed E-state index contributed by atoms with van der Waals surface area (Å²) in [5, 5.41) is 15.6. The monoisotopic (exact) mass is 501 g/mol. The van der Waals surface area contributed by atoms with Crippen LogP contribution in [0.4, 0.5) is 5.69 Å². The summed E-state index contributed by atoms with van der Waals surface area (Å²) in [6.07, 6.45) is 1.67. The van der Waals surface area contributed by atoms with Gasteiger partial charge in [-0.05, 0) is 43.5 Å². The van der Waals surface area contributed by atoms with E-state index in [1.165, 1.54) is 0 Å². The van der Waals surface area contributed by atoms with E-state index < -0.39 is 17.5 Å². The van der Waals surface area contributed by atoms with E-state index in [2.05, 4.69) is 26.1 Å². The molecule has 0 aromatic heterocycles. The van der Waals surface area contributed by atoms with Gasteiger partial charge >= 0.3 is 0 Å². The van der Waals surface area contributed by atoms with Crippen LogP contribution in [-0.2, 0) is 10.3 Å². The molecule has 0 radical (unpaired) electrons. The second-order valence-electron chi connectivity index (χ2n) is 8.38. The van der Waals surface area contributed by atoms with Crippen LogP contribution in [0.15, 0.2) is 40.9 Å². The number of halogens is 1. The predicted molar refractivity (Wildman–Crippen MR) is 122 cm³/mol. The lowest BCUT2D eigenvalue weighted by Crippen LogP contribution is -2.55. The van der Waals surface area contributed by atoms with Gasteiger partial charge in [-0.3, -0.25) is 19.8 Å². The van der Waals surface area contributed by atoms with E-state index in [4.69, 9.17) is 9.47 Å². The number of hydrogen-bond donors (Lipinski definition) is 1. The molecule has 9 heteroatoms. The number of para-hydroxylation sites is 1. The van der Waals surface area contributed by atoms with Crippen LogP contribution in [0.1, 0.15) is 36.8 Å². The third-order valence-corrected chi connectivity index (χ3v) is 7.72. The average molecular weight is 502 g/mol. The Balaban J connectivity index is 1.74. The lowest BCUT2D eigenvalue weighted by Gasteiger charge is -2.32. The Kier molecular flexibility index (Phi) is 5.13. The molecule has 1 amide bonds. The number of methoxy groups -OCH3 is 1. The van der Waals surface area contributed by atoms with Gasteiger partial charge in [0.25, 0.3) is 11.9 Å². The number of benzene rings is 2. The lowest BCUT2D eigenvalue weighted by molar-refractivity contribution is -0.534. The molecule has 1 spiro atoms. The number of carbonyl (C=O) groups excluding carboxylic acids is 1. The highest BCUT2D eigenvalue weighted by Crippen LogP contribution is 2.59. The first-order chi connectivity index (χ1) is 15.4. The van der Waals surface area contributed by atoms with E-state index in [0.29, 0.717) is 40.4 Å². The van der Waals surface area contributed by atoms with Gasteiger partial charge in [0, 0.05) is 33.2 Å². The van der Waals surface area contributed by atoms with Crippen molar-refractivity contribution in [2.75, 3.05) is 25.6 Å². The van der Waals surface area contributed by atoms with Crippen LogP contribution in [0.5, 0.6) is 11.5 Å². The molecule has 3 aliphatic rings. The summed E-state index contributed by atoms with van der Waals surface area (Å²) in [5.74, 6) is 0.283. The first-order valence-corrected chi connectivity index (χ1v) is 11.6. The number of nitrogens with zero attached hydrogens (tertiary/aromatic N) is 2. The van der Waals surface area contributed by atoms with Crippen molar-refractivity contribution in [1.29, 1.82) is 0 Å². The van der Waals surface area contributed by atoms with Gasteiger partial charge in [-0.25, -0.2) is 0 Å². The Hall–Kier alpha value is -2.65. The molecule has 2 saturated heterocycles. The highest BCUT2D eigenvalue weighted by atomic mass is 79.9. The smallest absolute Gasteiger partial charge is 0.256 e. The van der Waals surface area contributed by atoms with Crippen LogP contribution in [0.25, 0.3) is 0 Å². The van der Waals surface area contributed by atoms with E-state index >= 15 is 0 Å². The van der Waals surface area contributed by atoms with Gasteiger partial charge in [0.2, 0.25) is 0 Å². The van der Waals surface area contributed by atoms with E-state index in [1.807, 2.05) is 37.3 Å². The fourth-order valence-corrected chi connectivity index (χ4v) is 6.57. The van der Waals surface area contributed by atoms with Gasteiger partial charge in [-0.1, -0.05) is 34.1 Å². The van der Waals surface area contributed by atoms with Crippen LogP contribution in [0.3, 0.4) is 0 Å². The number of anilines is 1. The zero-order valence-corrected chi connectivity index (χ0v) is 19.4. The number of fused-ring (bicyclic) bond motifs is 4. The Morgan fingerprint density at radius 2 is 2.09 bits per heavy atom. The van der Waals surface area contributed by atoms with E-state index in [-0.39, 0.29) is 16.9 Å². The van der Waals surface area contributed by atoms with Crippen LogP contribution in [0.2, 0.25) is 0 Å². The summed E-state index contributed by atoms with van der Waals surface area (Å²) < 4.78 is 11.9. The molecule has 8 nitrogen and oxygen atoms in total. The highest BCUT2D eigenvalue weighted by Gasteiger charge is 2.73. The standard InChI is InChI=1S/C23H24BrN3O5/c1-3-32-19-11-13(15(24)12-18(19)31-2)20-17-9-6-10-26(17)23(21(20)27(29)30)14-7-4-5-8-16(14)25-22(23)28/h4-5,7-8,11-12,17,20-21H,3,6,9-10H2,1-2H3,(H,25,28)/t17-,20+,21+,23-/m0/s1. The molecular weight excluding hydrogens is 478 g/mol. The first-order valence-electron chi connectivity index (χ1n) is 10.8. The number of rotatable bonds is 5. The third kappa shape index (κ3) is 2.73. The largest absolute Gasteiger partial charge is 0.493 e. The number of amides is 1. The lowest BCUT2D eigenvalue weighted by atomic mass is 9.77. The summed E-state index contributed by atoms with van der Waals surface area (Å²) in [7, 11) is 1.56. The summed E-state index contributed by atoms with van der Waals surface area (Å²) in [6, 6.07) is 9.68. The molecule has 2 aromatic carbocycles. The average Bonchev–Trinajstić information content (AvgIpc) is 3.43. The molecule has 1 N–H and O–H groups in total. The van der Waals surface area contributed by atoms with Gasteiger partial charge in [-0.15, -0.1) is 0 Å². The van der Waals surface area contributed by atoms with Gasteiger partial charge in [0.1, 0.15) is 0 Å². The number of nitro groups is 1. The summed E-state index contributed by atoms with van der Waals surface area (Å²) >= 11 is 3.62. The molecule has 0 bridgehead atoms. The molecule has 2 aromatic rings. The molecule has 3 heterocycles. The predicted octanol–water partition coefficient (Wildman–Crippen LogP) is 3.91. The number of hydrogen-bond acceptors (Lipinski definition) is 6. The van der Waals surface area contributed by atoms with Crippen molar-refractivity contribution in [2.24, 2.45) is 0 Å². The maximum Gasteiger partial charge on any atom is 0.256 e. The second-order valence-corrected chi connectivity index (χ2v) is 9.24. The minimum Gasteiger partial charge on any atom is -0.493 e. The number of carbonyl (C=O) groups is 1. The van der Waals surface area contributed by atoms with Crippen molar-refractivity contribution in [3.63, 3.8) is 0 Å². The molecule has 5 rings (SSSR count). The van der Waals surface area contributed by atoms with Crippen molar-refractivity contribution in [3.05, 3.63) is 62.1 Å². The Labute approximate surface area is 194 Å². The fourth-order valence-electron chi connectivity index (χ4n) is 5.98. The van der Waals surface area contributed by atoms with Crippen LogP contribution >= 0.6 is 15.9 Å². The van der Waals surface area contributed by atoms with E-state index in [0.717, 1.165) is 18.4 Å². The molecule has 3 aliphatic heterocycles. The molecular formula is C23H24BrN3O5. The minimum atomic E-state index is -1.34. The third-order valence-electron chi connectivity index (χ3n) is 7.04. The van der Waals surface area contributed by atoms with Crippen LogP contribution in [0, 0.1) is 10.1 Å². The second kappa shape index (κ2) is 7.74. The summed E-state index contributed by atoms with van der Waals surface area (Å²) in [6.45, 7) is 2.96. The normalized spacial score (nSPS) is 28.5. The van der Waals surface area contributed by atoms with Crippen LogP contribution < -0.4 is 14.8 Å². The maximum absolute atomic E-state index is 13.5. The molecule has 0 aliphatic carbocycles. The summed E-state index contributed by atoms with van der Waals surface area (Å²) in [5.41, 5.74) is 0.772. The minimum absolute atomic E-state index is 0.138. The molecule has 2 fully saturated rings. The van der Waals surface area contributed by atoms with Gasteiger partial charge in [0.05, 0.1) is 19.6 Å². The topological polar surface area (TPSA) is 93.9 Å². The van der Waals surface area contributed by atoms with Gasteiger partial charge < -0.3 is 14.8 Å². The maximum atomic E-state index is 13.5. The number of ether oxygens (including phenoxy) is 2. The molecule has 0 unspecified atom stereocenters. The SMILES string of the molecule is CCOc1cc([C@@H]2[C@@H]3CCCN3[C@]3(C(=O)Nc4ccccc43)[C@@H]2[N+](=O)[O-])c(Br)cc1OC. The molecule has 4 atom stereocenters. The van der Waals surface area contributed by atoms with Crippen molar-refractivity contribution in [1.82, 2.24) is 4.90 Å². The quantitative estimate of drug-likeness (QED) is 0.492. The Morgan fingerprint density at radius 3 is 2.81 bits per heavy atom. The molecule has 32 heavy (non-hydrogen) atoms. The van der Waals surface area contributed by atoms with E-state index in [1.54, 1.807) is 13.2 Å². The highest BCUT2D eigenvalue weighted by molar-refractivity contribution is 9.10.